The molecule has 0 bridgehead atoms. The highest BCUT2D eigenvalue weighted by atomic mass is 19.1. The fourth-order valence-electron chi connectivity index (χ4n) is 1.74. The summed E-state index contributed by atoms with van der Waals surface area (Å²) in [6, 6.07) is 6.26. The van der Waals surface area contributed by atoms with E-state index in [-0.39, 0.29) is 24.1 Å². The lowest BCUT2D eigenvalue weighted by Gasteiger charge is -2.22. The zero-order chi connectivity index (χ0) is 15.0. The third-order valence-corrected chi connectivity index (χ3v) is 3.20. The van der Waals surface area contributed by atoms with Crippen molar-refractivity contribution in [2.24, 2.45) is 0 Å². The molecule has 1 aromatic rings. The van der Waals surface area contributed by atoms with E-state index in [1.165, 1.54) is 6.07 Å². The molecule has 20 heavy (non-hydrogen) atoms. The maximum Gasteiger partial charge on any atom is 0.236 e. The predicted molar refractivity (Wildman–Crippen MR) is 77.3 cm³/mol. The Kier molecular flexibility index (Phi) is 7.01. The number of para-hydroxylation sites is 1. The van der Waals surface area contributed by atoms with Gasteiger partial charge >= 0.3 is 0 Å². The van der Waals surface area contributed by atoms with Gasteiger partial charge in [0.15, 0.2) is 11.6 Å². The van der Waals surface area contributed by atoms with Crippen LogP contribution in [0.5, 0.6) is 5.75 Å². The van der Waals surface area contributed by atoms with E-state index in [0.717, 1.165) is 13.1 Å². The molecule has 0 N–H and O–H groups in total. The zero-order valence-corrected chi connectivity index (χ0v) is 12.4. The van der Waals surface area contributed by atoms with Crippen LogP contribution in [0.2, 0.25) is 0 Å². The van der Waals surface area contributed by atoms with E-state index in [1.54, 1.807) is 30.1 Å². The Morgan fingerprint density at radius 3 is 2.50 bits per heavy atom. The Hall–Kier alpha value is -1.62. The molecule has 0 spiro atoms. The maximum absolute atomic E-state index is 13.3. The molecule has 5 heteroatoms. The van der Waals surface area contributed by atoms with E-state index in [1.807, 2.05) is 13.8 Å². The molecular weight excluding hydrogens is 259 g/mol. The first kappa shape index (κ1) is 16.4. The number of benzene rings is 1. The number of ether oxygens (including phenoxy) is 1. The molecule has 0 aliphatic carbocycles. The minimum absolute atomic E-state index is 0.0471. The monoisotopic (exact) mass is 282 g/mol. The lowest BCUT2D eigenvalue weighted by atomic mass is 10.3. The molecule has 1 rings (SSSR count). The Morgan fingerprint density at radius 2 is 1.90 bits per heavy atom. The van der Waals surface area contributed by atoms with E-state index >= 15 is 0 Å². The minimum Gasteiger partial charge on any atom is -0.489 e. The molecule has 0 heterocycles. The van der Waals surface area contributed by atoms with Crippen molar-refractivity contribution in [3.05, 3.63) is 30.1 Å². The second kappa shape index (κ2) is 8.53. The molecule has 0 aromatic heterocycles. The highest BCUT2D eigenvalue weighted by Gasteiger charge is 2.12. The number of carbonyl (C=O) groups excluding carboxylic acids is 1. The van der Waals surface area contributed by atoms with Crippen molar-refractivity contribution in [2.45, 2.75) is 13.8 Å². The number of likely N-dealkylation sites (N-methyl/N-ethyl adjacent to an activating group) is 2. The van der Waals surface area contributed by atoms with Gasteiger partial charge in [-0.2, -0.15) is 0 Å². The predicted octanol–water partition coefficient (Wildman–Crippen LogP) is 2.00. The van der Waals surface area contributed by atoms with Crippen molar-refractivity contribution < 1.29 is 13.9 Å². The molecule has 1 amide bonds. The normalized spacial score (nSPS) is 10.7. The lowest BCUT2D eigenvalue weighted by Crippen LogP contribution is -2.39. The van der Waals surface area contributed by atoms with Crippen molar-refractivity contribution in [3.63, 3.8) is 0 Å². The highest BCUT2D eigenvalue weighted by molar-refractivity contribution is 5.77. The van der Waals surface area contributed by atoms with E-state index in [2.05, 4.69) is 4.90 Å². The first-order valence-electron chi connectivity index (χ1n) is 6.92. The van der Waals surface area contributed by atoms with Crippen molar-refractivity contribution in [1.29, 1.82) is 0 Å². The summed E-state index contributed by atoms with van der Waals surface area (Å²) in [6.07, 6.45) is 0. The van der Waals surface area contributed by atoms with E-state index < -0.39 is 0 Å². The van der Waals surface area contributed by atoms with Gasteiger partial charge in [-0.3, -0.25) is 9.69 Å². The fraction of sp³-hybridized carbons (Fsp3) is 0.533. The van der Waals surface area contributed by atoms with Crippen LogP contribution in [0.3, 0.4) is 0 Å². The number of rotatable bonds is 8. The van der Waals surface area contributed by atoms with Crippen molar-refractivity contribution >= 4 is 5.91 Å². The van der Waals surface area contributed by atoms with Crippen LogP contribution in [0.1, 0.15) is 13.8 Å². The molecule has 0 unspecified atom stereocenters. The van der Waals surface area contributed by atoms with Gasteiger partial charge in [0.2, 0.25) is 5.91 Å². The van der Waals surface area contributed by atoms with Crippen LogP contribution in [0, 0.1) is 5.82 Å². The summed E-state index contributed by atoms with van der Waals surface area (Å²) in [5, 5.41) is 0. The number of amides is 1. The summed E-state index contributed by atoms with van der Waals surface area (Å²) in [5.74, 6) is -0.118. The summed E-state index contributed by atoms with van der Waals surface area (Å²) in [5.41, 5.74) is 0. The Morgan fingerprint density at radius 1 is 1.25 bits per heavy atom. The Balaban J connectivity index is 2.34. The van der Waals surface area contributed by atoms with Crippen LogP contribution in [0.15, 0.2) is 24.3 Å². The average Bonchev–Trinajstić information content (AvgIpc) is 2.46. The largest absolute Gasteiger partial charge is 0.489 e. The zero-order valence-electron chi connectivity index (χ0n) is 12.4. The van der Waals surface area contributed by atoms with Gasteiger partial charge in [0.25, 0.3) is 0 Å². The van der Waals surface area contributed by atoms with Gasteiger partial charge in [-0.05, 0) is 25.2 Å². The minimum atomic E-state index is -0.385. The van der Waals surface area contributed by atoms with Crippen LogP contribution in [0.25, 0.3) is 0 Å². The van der Waals surface area contributed by atoms with Crippen LogP contribution >= 0.6 is 0 Å². The van der Waals surface area contributed by atoms with Gasteiger partial charge < -0.3 is 9.64 Å². The van der Waals surface area contributed by atoms with Crippen molar-refractivity contribution in [2.75, 3.05) is 39.8 Å². The second-order valence-electron chi connectivity index (χ2n) is 4.56. The van der Waals surface area contributed by atoms with Crippen molar-refractivity contribution in [1.82, 2.24) is 9.80 Å². The molecule has 1 aromatic carbocycles. The third kappa shape index (κ3) is 5.17. The molecule has 0 radical (unpaired) electrons. The van der Waals surface area contributed by atoms with E-state index in [4.69, 9.17) is 4.74 Å². The van der Waals surface area contributed by atoms with Gasteiger partial charge in [-0.15, -0.1) is 0 Å². The van der Waals surface area contributed by atoms with Gasteiger partial charge in [0.1, 0.15) is 6.61 Å². The topological polar surface area (TPSA) is 32.8 Å². The number of hydrogen-bond donors (Lipinski definition) is 0. The standard InChI is InChI=1S/C15H23FN2O2/c1-4-18(5-2)12-15(19)17(3)10-11-20-14-9-7-6-8-13(14)16/h6-9H,4-5,10-12H2,1-3H3. The van der Waals surface area contributed by atoms with Gasteiger partial charge in [0, 0.05) is 7.05 Å². The van der Waals surface area contributed by atoms with Crippen LogP contribution in [0.4, 0.5) is 4.39 Å². The number of hydrogen-bond acceptors (Lipinski definition) is 3. The smallest absolute Gasteiger partial charge is 0.236 e. The summed E-state index contributed by atoms with van der Waals surface area (Å²) in [6.45, 7) is 6.87. The maximum atomic E-state index is 13.3. The van der Waals surface area contributed by atoms with Crippen molar-refractivity contribution in [3.8, 4) is 5.75 Å². The first-order chi connectivity index (χ1) is 9.58. The van der Waals surface area contributed by atoms with Gasteiger partial charge in [-0.25, -0.2) is 4.39 Å². The highest BCUT2D eigenvalue weighted by Crippen LogP contribution is 2.14. The first-order valence-corrected chi connectivity index (χ1v) is 6.92. The summed E-state index contributed by atoms with van der Waals surface area (Å²) < 4.78 is 18.7. The number of carbonyl (C=O) groups is 1. The SMILES string of the molecule is CCN(CC)CC(=O)N(C)CCOc1ccccc1F. The summed E-state index contributed by atoms with van der Waals surface area (Å²) in [7, 11) is 1.73. The van der Waals surface area contributed by atoms with E-state index in [0.29, 0.717) is 13.1 Å². The fourth-order valence-corrected chi connectivity index (χ4v) is 1.74. The van der Waals surface area contributed by atoms with Gasteiger partial charge in [0.05, 0.1) is 13.1 Å². The molecule has 0 fully saturated rings. The van der Waals surface area contributed by atoms with Gasteiger partial charge in [-0.1, -0.05) is 26.0 Å². The summed E-state index contributed by atoms with van der Waals surface area (Å²) >= 11 is 0. The molecule has 0 aliphatic heterocycles. The van der Waals surface area contributed by atoms with Crippen LogP contribution < -0.4 is 4.74 Å². The second-order valence-corrected chi connectivity index (χ2v) is 4.56. The molecule has 0 saturated carbocycles. The average molecular weight is 282 g/mol. The summed E-state index contributed by atoms with van der Waals surface area (Å²) in [4.78, 5) is 15.6. The van der Waals surface area contributed by atoms with Crippen LogP contribution in [-0.4, -0.2) is 55.5 Å². The molecule has 4 nitrogen and oxygen atoms in total. The molecule has 0 atom stereocenters. The number of halogens is 1. The molecular formula is C15H23FN2O2. The van der Waals surface area contributed by atoms with E-state index in [9.17, 15) is 9.18 Å². The van der Waals surface area contributed by atoms with Crippen LogP contribution in [-0.2, 0) is 4.79 Å². The number of nitrogens with zero attached hydrogens (tertiary/aromatic N) is 2. The molecule has 112 valence electrons. The molecule has 0 aliphatic rings. The Bertz CT molecular complexity index is 422. The Labute approximate surface area is 120 Å². The lowest BCUT2D eigenvalue weighted by molar-refractivity contribution is -0.131. The third-order valence-electron chi connectivity index (χ3n) is 3.20. The quantitative estimate of drug-likeness (QED) is 0.731. The molecule has 0 saturated heterocycles.